The fraction of sp³-hybridized carbons (Fsp3) is 0.130. The van der Waals surface area contributed by atoms with Crippen LogP contribution in [0.25, 0.3) is 28.0 Å². The Labute approximate surface area is 153 Å². The first-order chi connectivity index (χ1) is 12.7. The minimum atomic E-state index is -0.239. The van der Waals surface area contributed by atoms with E-state index in [2.05, 4.69) is 55.5 Å². The van der Waals surface area contributed by atoms with Crippen LogP contribution in [-0.2, 0) is 0 Å². The molecule has 126 valence electrons. The average molecular weight is 337 g/mol. The van der Waals surface area contributed by atoms with E-state index in [4.69, 9.17) is 4.98 Å². The summed E-state index contributed by atoms with van der Waals surface area (Å²) in [6, 6.07) is 25.2. The third-order valence-corrected chi connectivity index (χ3v) is 4.69. The van der Waals surface area contributed by atoms with Crippen molar-refractivity contribution in [2.24, 2.45) is 0 Å². The lowest BCUT2D eigenvalue weighted by Gasteiger charge is -2.08. The van der Waals surface area contributed by atoms with Crippen molar-refractivity contribution in [2.45, 2.75) is 19.8 Å². The summed E-state index contributed by atoms with van der Waals surface area (Å²) in [6.07, 6.45) is 2.00. The van der Waals surface area contributed by atoms with Crippen molar-refractivity contribution in [3.63, 3.8) is 0 Å². The summed E-state index contributed by atoms with van der Waals surface area (Å²) in [4.78, 5) is 4.83. The summed E-state index contributed by atoms with van der Waals surface area (Å²) in [5, 5.41) is 9.49. The highest BCUT2D eigenvalue weighted by Crippen LogP contribution is 2.31. The van der Waals surface area contributed by atoms with E-state index in [-0.39, 0.29) is 5.92 Å². The van der Waals surface area contributed by atoms with Crippen LogP contribution in [0.15, 0.2) is 72.9 Å². The quantitative estimate of drug-likeness (QED) is 0.488. The largest absolute Gasteiger partial charge is 0.302 e. The topological polar surface area (TPSA) is 41.1 Å². The van der Waals surface area contributed by atoms with Crippen LogP contribution >= 0.6 is 0 Å². The third kappa shape index (κ3) is 2.76. The highest BCUT2D eigenvalue weighted by atomic mass is 15.0. The molecule has 26 heavy (non-hydrogen) atoms. The fourth-order valence-corrected chi connectivity index (χ4v) is 3.30. The van der Waals surface area contributed by atoms with Gasteiger partial charge in [-0.15, -0.1) is 0 Å². The number of imidazole rings is 1. The number of aryl methyl sites for hydroxylation is 1. The van der Waals surface area contributed by atoms with Crippen LogP contribution in [0, 0.1) is 18.3 Å². The molecule has 2 heterocycles. The van der Waals surface area contributed by atoms with E-state index < -0.39 is 0 Å². The molecule has 0 aliphatic carbocycles. The van der Waals surface area contributed by atoms with Gasteiger partial charge in [-0.2, -0.15) is 5.26 Å². The normalized spacial score (nSPS) is 12.0. The Balaban J connectivity index is 1.85. The average Bonchev–Trinajstić information content (AvgIpc) is 3.06. The van der Waals surface area contributed by atoms with Crippen molar-refractivity contribution in [2.75, 3.05) is 0 Å². The van der Waals surface area contributed by atoms with Crippen molar-refractivity contribution in [3.05, 3.63) is 84.2 Å². The molecule has 0 saturated heterocycles. The molecule has 2 aromatic carbocycles. The molecule has 0 amide bonds. The minimum absolute atomic E-state index is 0.239. The molecule has 3 nitrogen and oxygen atoms in total. The molecule has 0 fully saturated rings. The molecule has 4 aromatic rings. The van der Waals surface area contributed by atoms with Gasteiger partial charge in [0.25, 0.3) is 0 Å². The van der Waals surface area contributed by atoms with Crippen molar-refractivity contribution in [1.82, 2.24) is 9.38 Å². The number of benzene rings is 2. The first kappa shape index (κ1) is 16.1. The zero-order valence-corrected chi connectivity index (χ0v) is 14.8. The predicted octanol–water partition coefficient (Wildman–Crippen LogP) is 5.60. The Bertz CT molecular complexity index is 1100. The molecule has 0 spiro atoms. The second-order valence-corrected chi connectivity index (χ2v) is 6.57. The molecule has 0 aliphatic rings. The number of nitrogens with zero attached hydrogens (tertiary/aromatic N) is 3. The van der Waals surface area contributed by atoms with Gasteiger partial charge < -0.3 is 4.40 Å². The Morgan fingerprint density at radius 3 is 2.27 bits per heavy atom. The number of pyridine rings is 1. The maximum absolute atomic E-state index is 9.49. The van der Waals surface area contributed by atoms with Crippen molar-refractivity contribution < 1.29 is 0 Å². The Morgan fingerprint density at radius 2 is 1.58 bits per heavy atom. The van der Waals surface area contributed by atoms with Crippen LogP contribution < -0.4 is 0 Å². The third-order valence-electron chi connectivity index (χ3n) is 4.69. The smallest absolute Gasteiger partial charge is 0.137 e. The molecule has 0 radical (unpaired) electrons. The van der Waals surface area contributed by atoms with Crippen LogP contribution in [0.4, 0.5) is 0 Å². The van der Waals surface area contributed by atoms with Gasteiger partial charge in [-0.3, -0.25) is 0 Å². The molecular formula is C23H19N3. The molecule has 1 unspecified atom stereocenters. The van der Waals surface area contributed by atoms with Gasteiger partial charge in [-0.05, 0) is 42.7 Å². The number of hydrogen-bond donors (Lipinski definition) is 0. The zero-order chi connectivity index (χ0) is 18.1. The van der Waals surface area contributed by atoms with Gasteiger partial charge in [0.15, 0.2) is 0 Å². The van der Waals surface area contributed by atoms with E-state index in [9.17, 15) is 5.26 Å². The van der Waals surface area contributed by atoms with Crippen LogP contribution in [0.5, 0.6) is 0 Å². The number of fused-ring (bicyclic) bond motifs is 1. The van der Waals surface area contributed by atoms with Gasteiger partial charge in [0.1, 0.15) is 5.65 Å². The molecule has 1 atom stereocenters. The van der Waals surface area contributed by atoms with Crippen LogP contribution in [-0.4, -0.2) is 9.38 Å². The van der Waals surface area contributed by atoms with E-state index >= 15 is 0 Å². The monoisotopic (exact) mass is 337 g/mol. The van der Waals surface area contributed by atoms with Crippen molar-refractivity contribution >= 4 is 5.65 Å². The van der Waals surface area contributed by atoms with Gasteiger partial charge in [-0.25, -0.2) is 4.98 Å². The molecule has 3 heteroatoms. The number of rotatable bonds is 3. The number of hydrogen-bond acceptors (Lipinski definition) is 2. The first-order valence-electron chi connectivity index (χ1n) is 8.71. The Hall–Kier alpha value is -3.38. The van der Waals surface area contributed by atoms with Gasteiger partial charge in [0.05, 0.1) is 23.4 Å². The van der Waals surface area contributed by atoms with E-state index in [0.29, 0.717) is 0 Å². The molecule has 0 aliphatic heterocycles. The standard InChI is InChI=1S/C23H19N3/c1-16-12-13-26-21(14-16)25-22(23(26)17(2)15-24)20-10-8-19(9-11-20)18-6-4-3-5-7-18/h3-14,17H,1-2H3. The molecular weight excluding hydrogens is 318 g/mol. The summed E-state index contributed by atoms with van der Waals surface area (Å²) in [5.41, 5.74) is 7.25. The Morgan fingerprint density at radius 1 is 0.923 bits per heavy atom. The lowest BCUT2D eigenvalue weighted by molar-refractivity contribution is 0.899. The van der Waals surface area contributed by atoms with E-state index in [0.717, 1.165) is 28.2 Å². The molecule has 2 aromatic heterocycles. The van der Waals surface area contributed by atoms with Crippen LogP contribution in [0.1, 0.15) is 24.1 Å². The highest BCUT2D eigenvalue weighted by Gasteiger charge is 2.19. The predicted molar refractivity (Wildman–Crippen MR) is 105 cm³/mol. The summed E-state index contributed by atoms with van der Waals surface area (Å²) < 4.78 is 2.03. The highest BCUT2D eigenvalue weighted by molar-refractivity contribution is 5.72. The summed E-state index contributed by atoms with van der Waals surface area (Å²) >= 11 is 0. The van der Waals surface area contributed by atoms with E-state index in [1.807, 2.05) is 41.8 Å². The van der Waals surface area contributed by atoms with Crippen molar-refractivity contribution in [1.29, 1.82) is 5.26 Å². The summed E-state index contributed by atoms with van der Waals surface area (Å²) in [7, 11) is 0. The molecule has 0 N–H and O–H groups in total. The van der Waals surface area contributed by atoms with Gasteiger partial charge in [-0.1, -0.05) is 54.6 Å². The fourth-order valence-electron chi connectivity index (χ4n) is 3.30. The molecule has 0 saturated carbocycles. The minimum Gasteiger partial charge on any atom is -0.302 e. The van der Waals surface area contributed by atoms with E-state index in [1.165, 1.54) is 11.1 Å². The molecule has 0 bridgehead atoms. The maximum atomic E-state index is 9.49. The maximum Gasteiger partial charge on any atom is 0.137 e. The summed E-state index contributed by atoms with van der Waals surface area (Å²) in [5.74, 6) is -0.239. The van der Waals surface area contributed by atoms with E-state index in [1.54, 1.807) is 0 Å². The van der Waals surface area contributed by atoms with Gasteiger partial charge in [0.2, 0.25) is 0 Å². The summed E-state index contributed by atoms with van der Waals surface area (Å²) in [6.45, 7) is 3.97. The molecule has 4 rings (SSSR count). The second-order valence-electron chi connectivity index (χ2n) is 6.57. The number of nitriles is 1. The SMILES string of the molecule is Cc1ccn2c(C(C)C#N)c(-c3ccc(-c4ccccc4)cc3)nc2c1. The second kappa shape index (κ2) is 6.50. The van der Waals surface area contributed by atoms with Crippen molar-refractivity contribution in [3.8, 4) is 28.5 Å². The van der Waals surface area contributed by atoms with Crippen LogP contribution in [0.2, 0.25) is 0 Å². The first-order valence-corrected chi connectivity index (χ1v) is 8.71. The van der Waals surface area contributed by atoms with Gasteiger partial charge in [0, 0.05) is 11.8 Å². The van der Waals surface area contributed by atoms with Crippen LogP contribution in [0.3, 0.4) is 0 Å². The lowest BCUT2D eigenvalue weighted by Crippen LogP contribution is -1.98. The van der Waals surface area contributed by atoms with Gasteiger partial charge >= 0.3 is 0 Å². The number of aromatic nitrogens is 2. The zero-order valence-electron chi connectivity index (χ0n) is 14.8. The Kier molecular flexibility index (Phi) is 4.02. The lowest BCUT2D eigenvalue weighted by atomic mass is 9.99.